The van der Waals surface area contributed by atoms with E-state index in [4.69, 9.17) is 0 Å². The molecule has 0 heterocycles. The third-order valence-electron chi connectivity index (χ3n) is 0.940. The van der Waals surface area contributed by atoms with Crippen LogP contribution in [0.1, 0.15) is 5.56 Å². The quantitative estimate of drug-likeness (QED) is 0.504. The Labute approximate surface area is 97.1 Å². The summed E-state index contributed by atoms with van der Waals surface area (Å²) in [6.45, 7) is 2.08. The van der Waals surface area contributed by atoms with Gasteiger partial charge in [-0.05, 0) is 6.92 Å². The second kappa shape index (κ2) is 7.20. The topological polar surface area (TPSA) is 0 Å². The molecule has 0 aromatic heterocycles. The number of benzene rings is 1. The normalized spacial score (nSPS) is 6.78. The molecule has 0 unspecified atom stereocenters. The molecule has 1 aromatic rings. The van der Waals surface area contributed by atoms with Crippen molar-refractivity contribution in [3.63, 3.8) is 0 Å². The molecule has 0 saturated carbocycles. The van der Waals surface area contributed by atoms with Crippen LogP contribution in [-0.4, -0.2) is 29.6 Å². The number of rotatable bonds is 0. The zero-order chi connectivity index (χ0) is 5.11. The minimum atomic E-state index is 0. The van der Waals surface area contributed by atoms with Gasteiger partial charge in [-0.25, -0.2) is 0 Å². The summed E-state index contributed by atoms with van der Waals surface area (Å²) >= 11 is 0. The van der Waals surface area contributed by atoms with Crippen molar-refractivity contribution >= 4 is 29.6 Å². The van der Waals surface area contributed by atoms with Crippen LogP contribution in [0.2, 0.25) is 0 Å². The van der Waals surface area contributed by atoms with Crippen LogP contribution < -0.4 is 0 Å². The molecule has 1 rings (SSSR count). The molecule has 0 spiro atoms. The third-order valence-corrected chi connectivity index (χ3v) is 0.940. The summed E-state index contributed by atoms with van der Waals surface area (Å²) in [5.41, 5.74) is 1.32. The van der Waals surface area contributed by atoms with Gasteiger partial charge in [-0.15, -0.1) is 0 Å². The first-order chi connectivity index (χ1) is 3.39. The fraction of sp³-hybridized carbons (Fsp3) is 0.143. The second-order valence-corrected chi connectivity index (χ2v) is 1.65. The minimum Gasteiger partial charge on any atom is 0 e. The molecule has 0 aliphatic rings. The molecule has 0 aliphatic carbocycles. The fourth-order valence-corrected chi connectivity index (χ4v) is 0.534. The van der Waals surface area contributed by atoms with Gasteiger partial charge < -0.3 is 0 Å². The summed E-state index contributed by atoms with van der Waals surface area (Å²) in [7, 11) is 0. The van der Waals surface area contributed by atoms with E-state index in [0.717, 1.165) is 0 Å². The van der Waals surface area contributed by atoms with E-state index in [0.29, 0.717) is 0 Å². The Balaban J connectivity index is 0. The van der Waals surface area contributed by atoms with Crippen molar-refractivity contribution in [2.75, 3.05) is 0 Å². The van der Waals surface area contributed by atoms with E-state index >= 15 is 0 Å². The first kappa shape index (κ1) is 12.7. The van der Waals surface area contributed by atoms with Crippen LogP contribution in [0.4, 0.5) is 0 Å². The van der Waals surface area contributed by atoms with Crippen LogP contribution in [0, 0.1) is 6.92 Å². The van der Waals surface area contributed by atoms with Gasteiger partial charge in [-0.3, -0.25) is 0 Å². The van der Waals surface area contributed by atoms with E-state index in [-0.39, 0.29) is 55.4 Å². The van der Waals surface area contributed by atoms with Crippen molar-refractivity contribution in [1.82, 2.24) is 0 Å². The Morgan fingerprint density at radius 1 is 1.00 bits per heavy atom. The van der Waals surface area contributed by atoms with Crippen molar-refractivity contribution in [3.8, 4) is 0 Å². The third kappa shape index (κ3) is 5.53. The van der Waals surface area contributed by atoms with Gasteiger partial charge in [0.05, 0.1) is 0 Å². The van der Waals surface area contributed by atoms with Gasteiger partial charge in [0.2, 0.25) is 0 Å². The van der Waals surface area contributed by atoms with Crippen molar-refractivity contribution in [2.24, 2.45) is 0 Å². The van der Waals surface area contributed by atoms with Crippen molar-refractivity contribution in [1.29, 1.82) is 0 Å². The summed E-state index contributed by atoms with van der Waals surface area (Å²) in [5.74, 6) is 0. The molecule has 0 aliphatic heterocycles. The van der Waals surface area contributed by atoms with Crippen LogP contribution in [0.25, 0.3) is 0 Å². The second-order valence-electron chi connectivity index (χ2n) is 1.65. The number of hydrogen-bond acceptors (Lipinski definition) is 0. The first-order valence-electron chi connectivity index (χ1n) is 2.41. The maximum atomic E-state index is 2.08. The molecule has 0 nitrogen and oxygen atoms in total. The molecule has 0 amide bonds. The maximum Gasteiger partial charge on any atom is 0 e. The standard InChI is InChI=1S/C7H8.Na.Sc.H/c1-7-5-3-2-4-6-7;;;/h2-6H,1H3;;;. The van der Waals surface area contributed by atoms with Gasteiger partial charge in [-0.2, -0.15) is 0 Å². The fourth-order valence-electron chi connectivity index (χ4n) is 0.534. The Morgan fingerprint density at radius 2 is 1.44 bits per heavy atom. The maximum absolute atomic E-state index is 2.08. The van der Waals surface area contributed by atoms with Gasteiger partial charge in [-0.1, -0.05) is 35.9 Å². The van der Waals surface area contributed by atoms with E-state index in [9.17, 15) is 0 Å². The zero-order valence-electron chi connectivity index (χ0n) is 4.96. The molecule has 0 N–H and O–H groups in total. The van der Waals surface area contributed by atoms with E-state index in [1.165, 1.54) is 5.56 Å². The van der Waals surface area contributed by atoms with Gasteiger partial charge in [0, 0.05) is 25.8 Å². The summed E-state index contributed by atoms with van der Waals surface area (Å²) in [4.78, 5) is 0. The van der Waals surface area contributed by atoms with E-state index in [1.807, 2.05) is 18.2 Å². The molecule has 0 bridgehead atoms. The van der Waals surface area contributed by atoms with Crippen LogP contribution in [0.15, 0.2) is 30.3 Å². The van der Waals surface area contributed by atoms with E-state index < -0.39 is 0 Å². The molecule has 0 fully saturated rings. The van der Waals surface area contributed by atoms with Crippen LogP contribution in [-0.2, 0) is 25.8 Å². The molecule has 41 valence electrons. The molecule has 0 atom stereocenters. The summed E-state index contributed by atoms with van der Waals surface area (Å²) in [6, 6.07) is 10.3. The monoisotopic (exact) mass is 161 g/mol. The Bertz CT molecular complexity index is 139. The number of aryl methyl sites for hydroxylation is 1. The van der Waals surface area contributed by atoms with Gasteiger partial charge >= 0.3 is 29.6 Å². The molecular weight excluding hydrogens is 152 g/mol. The van der Waals surface area contributed by atoms with Crippen molar-refractivity contribution in [2.45, 2.75) is 6.92 Å². The molecule has 1 radical (unpaired) electrons. The Hall–Kier alpha value is 1.09. The van der Waals surface area contributed by atoms with E-state index in [2.05, 4.69) is 19.1 Å². The smallest absolute Gasteiger partial charge is 0 e. The molecule has 2 heteroatoms. The van der Waals surface area contributed by atoms with Crippen molar-refractivity contribution < 1.29 is 25.8 Å². The summed E-state index contributed by atoms with van der Waals surface area (Å²) in [6.07, 6.45) is 0. The number of hydrogen-bond donors (Lipinski definition) is 0. The Kier molecular flexibility index (Phi) is 10.2. The molecule has 9 heavy (non-hydrogen) atoms. The largest absolute Gasteiger partial charge is 0 e. The SMILES string of the molecule is Cc1ccccc1.[NaH].[Sc]. The predicted molar refractivity (Wildman–Crippen MR) is 38.3 cm³/mol. The van der Waals surface area contributed by atoms with Crippen LogP contribution >= 0.6 is 0 Å². The van der Waals surface area contributed by atoms with Gasteiger partial charge in [0.1, 0.15) is 0 Å². The van der Waals surface area contributed by atoms with Crippen LogP contribution in [0.3, 0.4) is 0 Å². The summed E-state index contributed by atoms with van der Waals surface area (Å²) in [5, 5.41) is 0. The predicted octanol–water partition coefficient (Wildman–Crippen LogP) is 1.34. The van der Waals surface area contributed by atoms with Gasteiger partial charge in [0.15, 0.2) is 0 Å². The zero-order valence-corrected chi connectivity index (χ0v) is 6.77. The van der Waals surface area contributed by atoms with E-state index in [1.54, 1.807) is 0 Å². The van der Waals surface area contributed by atoms with Crippen LogP contribution in [0.5, 0.6) is 0 Å². The molecule has 1 aromatic carbocycles. The first-order valence-corrected chi connectivity index (χ1v) is 2.41. The Morgan fingerprint density at radius 3 is 1.67 bits per heavy atom. The average Bonchev–Trinajstić information content (AvgIpc) is 1.69. The van der Waals surface area contributed by atoms with Gasteiger partial charge in [0.25, 0.3) is 0 Å². The van der Waals surface area contributed by atoms with Crippen molar-refractivity contribution in [3.05, 3.63) is 35.9 Å². The summed E-state index contributed by atoms with van der Waals surface area (Å²) < 4.78 is 0. The molecular formula is C7H9NaSc. The minimum absolute atomic E-state index is 0. The molecule has 0 saturated heterocycles. The average molecular weight is 161 g/mol.